The molecule has 29 heavy (non-hydrogen) atoms. The number of urea groups is 1. The third-order valence-corrected chi connectivity index (χ3v) is 6.96. The van der Waals surface area contributed by atoms with Crippen molar-refractivity contribution < 1.29 is 14.3 Å². The highest BCUT2D eigenvalue weighted by atomic mass is 16.5. The van der Waals surface area contributed by atoms with E-state index in [1.165, 1.54) is 0 Å². The van der Waals surface area contributed by atoms with Crippen molar-refractivity contribution in [2.45, 2.75) is 51.7 Å². The van der Waals surface area contributed by atoms with E-state index in [0.29, 0.717) is 24.9 Å². The summed E-state index contributed by atoms with van der Waals surface area (Å²) in [7, 11) is 1.62. The number of hydrogen-bond donors (Lipinski definition) is 2. The second-order valence-corrected chi connectivity index (χ2v) is 9.20. The van der Waals surface area contributed by atoms with Crippen LogP contribution in [0.3, 0.4) is 0 Å². The van der Waals surface area contributed by atoms with Crippen molar-refractivity contribution in [2.24, 2.45) is 5.41 Å². The first-order valence-corrected chi connectivity index (χ1v) is 11.2. The molecule has 3 aliphatic heterocycles. The topological polar surface area (TPSA) is 77.2 Å². The molecule has 0 saturated carbocycles. The zero-order chi connectivity index (χ0) is 20.9. The maximum absolute atomic E-state index is 12.7. The number of amides is 3. The van der Waals surface area contributed by atoms with Crippen LogP contribution >= 0.6 is 0 Å². The highest BCUT2D eigenvalue weighted by Crippen LogP contribution is 2.41. The first-order valence-electron chi connectivity index (χ1n) is 11.2. The van der Waals surface area contributed by atoms with Gasteiger partial charge in [0.15, 0.2) is 0 Å². The highest BCUT2D eigenvalue weighted by Gasteiger charge is 2.43. The van der Waals surface area contributed by atoms with Gasteiger partial charge in [-0.05, 0) is 38.5 Å². The van der Waals surface area contributed by atoms with E-state index >= 15 is 0 Å². The van der Waals surface area contributed by atoms with Crippen LogP contribution in [-0.2, 0) is 9.53 Å². The Balaban J connectivity index is 1.34. The van der Waals surface area contributed by atoms with Crippen molar-refractivity contribution in [1.29, 1.82) is 0 Å². The van der Waals surface area contributed by atoms with Gasteiger partial charge in [0.25, 0.3) is 0 Å². The van der Waals surface area contributed by atoms with Crippen molar-refractivity contribution in [3.63, 3.8) is 0 Å². The van der Waals surface area contributed by atoms with Crippen LogP contribution in [0.5, 0.6) is 0 Å². The Hall–Kier alpha value is -1.38. The molecule has 0 aromatic carbocycles. The second-order valence-electron chi connectivity index (χ2n) is 9.20. The minimum Gasteiger partial charge on any atom is -0.376 e. The Kier molecular flexibility index (Phi) is 7.76. The first-order chi connectivity index (χ1) is 13.9. The fourth-order valence-electron chi connectivity index (χ4n) is 4.82. The number of rotatable bonds is 6. The summed E-state index contributed by atoms with van der Waals surface area (Å²) in [5.41, 5.74) is 0.180. The lowest BCUT2D eigenvalue weighted by atomic mass is 9.76. The van der Waals surface area contributed by atoms with E-state index in [2.05, 4.69) is 34.3 Å². The van der Waals surface area contributed by atoms with Crippen LogP contribution in [0.15, 0.2) is 0 Å². The summed E-state index contributed by atoms with van der Waals surface area (Å²) < 4.78 is 5.93. The molecule has 0 aromatic rings. The third-order valence-electron chi connectivity index (χ3n) is 6.96. The molecule has 166 valence electrons. The van der Waals surface area contributed by atoms with Crippen molar-refractivity contribution in [2.75, 3.05) is 66.0 Å². The van der Waals surface area contributed by atoms with Crippen molar-refractivity contribution in [3.05, 3.63) is 0 Å². The Labute approximate surface area is 175 Å². The molecule has 3 aliphatic rings. The first kappa shape index (κ1) is 22.3. The maximum atomic E-state index is 12.7. The lowest BCUT2D eigenvalue weighted by Gasteiger charge is -2.39. The van der Waals surface area contributed by atoms with Gasteiger partial charge in [-0.1, -0.05) is 0 Å². The van der Waals surface area contributed by atoms with Crippen molar-refractivity contribution in [1.82, 2.24) is 25.3 Å². The number of piperidine rings is 1. The standard InChI is InChI=1S/C21H39N5O3/c1-17(2)25-12-10-24(11-13-25)7-4-19(27)26-8-5-21(6-9-26)14-18(29-16-21)15-23-20(28)22-3/h17-18H,4-16H2,1-3H3,(H2,22,23,28). The molecule has 3 saturated heterocycles. The summed E-state index contributed by atoms with van der Waals surface area (Å²) >= 11 is 0. The Morgan fingerprint density at radius 3 is 2.41 bits per heavy atom. The number of ether oxygens (including phenoxy) is 1. The summed E-state index contributed by atoms with van der Waals surface area (Å²) in [6.07, 6.45) is 3.69. The van der Waals surface area contributed by atoms with E-state index in [-0.39, 0.29) is 17.6 Å². The van der Waals surface area contributed by atoms with Crippen LogP contribution < -0.4 is 10.6 Å². The monoisotopic (exact) mass is 409 g/mol. The minimum absolute atomic E-state index is 0.0825. The maximum Gasteiger partial charge on any atom is 0.314 e. The summed E-state index contributed by atoms with van der Waals surface area (Å²) in [4.78, 5) is 31.0. The largest absolute Gasteiger partial charge is 0.376 e. The average molecular weight is 410 g/mol. The Morgan fingerprint density at radius 1 is 1.10 bits per heavy atom. The van der Waals surface area contributed by atoms with Gasteiger partial charge in [0, 0.05) is 71.9 Å². The lowest BCUT2D eigenvalue weighted by molar-refractivity contribution is -0.134. The normalized spacial score (nSPS) is 25.5. The van der Waals surface area contributed by atoms with E-state index in [1.54, 1.807) is 7.05 Å². The zero-order valence-electron chi connectivity index (χ0n) is 18.4. The molecule has 3 fully saturated rings. The molecule has 3 amide bonds. The summed E-state index contributed by atoms with van der Waals surface area (Å²) in [6, 6.07) is 0.443. The molecule has 1 spiro atoms. The van der Waals surface area contributed by atoms with Crippen LogP contribution in [0.25, 0.3) is 0 Å². The number of nitrogens with zero attached hydrogens (tertiary/aromatic N) is 3. The molecule has 0 aliphatic carbocycles. The molecule has 1 unspecified atom stereocenters. The van der Waals surface area contributed by atoms with Gasteiger partial charge in [-0.2, -0.15) is 0 Å². The zero-order valence-corrected chi connectivity index (χ0v) is 18.4. The summed E-state index contributed by atoms with van der Waals surface area (Å²) in [6.45, 7) is 12.7. The van der Waals surface area contributed by atoms with Crippen LogP contribution in [0.1, 0.15) is 39.5 Å². The fourth-order valence-corrected chi connectivity index (χ4v) is 4.82. The molecule has 0 radical (unpaired) electrons. The number of likely N-dealkylation sites (tertiary alicyclic amines) is 1. The van der Waals surface area contributed by atoms with E-state index in [9.17, 15) is 9.59 Å². The van der Waals surface area contributed by atoms with Crippen LogP contribution in [0, 0.1) is 5.41 Å². The Morgan fingerprint density at radius 2 is 1.79 bits per heavy atom. The van der Waals surface area contributed by atoms with Gasteiger partial charge in [-0.15, -0.1) is 0 Å². The van der Waals surface area contributed by atoms with E-state index in [4.69, 9.17) is 4.74 Å². The SMILES string of the molecule is CNC(=O)NCC1CC2(CCN(C(=O)CCN3CCN(C(C)C)CC3)CC2)CO1. The molecule has 8 nitrogen and oxygen atoms in total. The Bertz CT molecular complexity index is 555. The summed E-state index contributed by atoms with van der Waals surface area (Å²) in [5.74, 6) is 0.294. The number of carbonyl (C=O) groups excluding carboxylic acids is 2. The third kappa shape index (κ3) is 6.06. The molecular formula is C21H39N5O3. The molecule has 0 aromatic heterocycles. The van der Waals surface area contributed by atoms with Crippen LogP contribution in [-0.4, -0.2) is 105 Å². The average Bonchev–Trinajstić information content (AvgIpc) is 3.13. The molecule has 3 rings (SSSR count). The number of hydrogen-bond acceptors (Lipinski definition) is 5. The minimum atomic E-state index is -0.166. The molecule has 8 heteroatoms. The van der Waals surface area contributed by atoms with Gasteiger partial charge in [-0.25, -0.2) is 4.79 Å². The van der Waals surface area contributed by atoms with Crippen molar-refractivity contribution >= 4 is 11.9 Å². The smallest absolute Gasteiger partial charge is 0.314 e. The molecule has 1 atom stereocenters. The molecule has 0 bridgehead atoms. The van der Waals surface area contributed by atoms with E-state index < -0.39 is 0 Å². The highest BCUT2D eigenvalue weighted by molar-refractivity contribution is 5.76. The lowest BCUT2D eigenvalue weighted by Crippen LogP contribution is -2.50. The van der Waals surface area contributed by atoms with Gasteiger partial charge in [-0.3, -0.25) is 9.69 Å². The summed E-state index contributed by atoms with van der Waals surface area (Å²) in [5, 5.41) is 5.40. The quantitative estimate of drug-likeness (QED) is 0.676. The van der Waals surface area contributed by atoms with E-state index in [0.717, 1.165) is 71.7 Å². The second kappa shape index (κ2) is 10.1. The predicted molar refractivity (Wildman–Crippen MR) is 113 cm³/mol. The van der Waals surface area contributed by atoms with E-state index in [1.807, 2.05) is 4.90 Å². The van der Waals surface area contributed by atoms with Gasteiger partial charge in [0.05, 0.1) is 12.7 Å². The van der Waals surface area contributed by atoms with Gasteiger partial charge >= 0.3 is 6.03 Å². The molecule has 2 N–H and O–H groups in total. The fraction of sp³-hybridized carbons (Fsp3) is 0.905. The van der Waals surface area contributed by atoms with Crippen LogP contribution in [0.2, 0.25) is 0 Å². The number of piperazine rings is 1. The molecular weight excluding hydrogens is 370 g/mol. The predicted octanol–water partition coefficient (Wildman–Crippen LogP) is 0.729. The van der Waals surface area contributed by atoms with Crippen LogP contribution in [0.4, 0.5) is 4.79 Å². The van der Waals surface area contributed by atoms with Gasteiger partial charge < -0.3 is 25.2 Å². The van der Waals surface area contributed by atoms with Crippen molar-refractivity contribution in [3.8, 4) is 0 Å². The van der Waals surface area contributed by atoms with Gasteiger partial charge in [0.1, 0.15) is 0 Å². The number of carbonyl (C=O) groups is 2. The van der Waals surface area contributed by atoms with Gasteiger partial charge in [0.2, 0.25) is 5.91 Å². The number of nitrogens with one attached hydrogen (secondary N) is 2. The molecule has 3 heterocycles.